The van der Waals surface area contributed by atoms with Gasteiger partial charge in [-0.05, 0) is 12.8 Å². The molecule has 0 saturated heterocycles. The zero-order valence-corrected chi connectivity index (χ0v) is 9.59. The van der Waals surface area contributed by atoms with E-state index in [1.54, 1.807) is 0 Å². The minimum absolute atomic E-state index is 0.293. The Hall–Kier alpha value is -0.400. The van der Waals surface area contributed by atoms with Crippen molar-refractivity contribution in [2.45, 2.75) is 36.9 Å². The highest BCUT2D eigenvalue weighted by Gasteiger charge is 2.52. The van der Waals surface area contributed by atoms with Gasteiger partial charge in [-0.2, -0.15) is 4.79 Å². The van der Waals surface area contributed by atoms with E-state index >= 15 is 0 Å². The molecule has 0 aromatic carbocycles. The Bertz CT molecular complexity index is 345. The lowest BCUT2D eigenvalue weighted by atomic mass is 9.89. The van der Waals surface area contributed by atoms with Gasteiger partial charge in [0.1, 0.15) is 0 Å². The third-order valence-electron chi connectivity index (χ3n) is 2.64. The molecule has 0 heterocycles. The minimum atomic E-state index is -2.51. The summed E-state index contributed by atoms with van der Waals surface area (Å²) in [6, 6.07) is 0. The number of hydrogen-bond acceptors (Lipinski definition) is 2. The van der Waals surface area contributed by atoms with E-state index in [9.17, 15) is 13.0 Å². The zero-order chi connectivity index (χ0) is 11.5. The molecule has 0 amide bonds. The summed E-state index contributed by atoms with van der Waals surface area (Å²) >= 11 is -4.82. The van der Waals surface area contributed by atoms with E-state index in [-0.39, 0.29) is 0 Å². The fourth-order valence-corrected chi connectivity index (χ4v) is 3.72. The third-order valence-corrected chi connectivity index (χ3v) is 4.84. The fraction of sp³-hybridized carbons (Fsp3) is 0.857. The van der Waals surface area contributed by atoms with Gasteiger partial charge in [0.25, 0.3) is 11.1 Å². The molecule has 6 nitrogen and oxygen atoms in total. The lowest BCUT2D eigenvalue weighted by Gasteiger charge is -2.28. The lowest BCUT2D eigenvalue weighted by molar-refractivity contribution is -0.00767. The highest BCUT2D eigenvalue weighted by molar-refractivity contribution is 7.98. The van der Waals surface area contributed by atoms with Crippen molar-refractivity contribution in [2.75, 3.05) is 0 Å². The van der Waals surface area contributed by atoms with Gasteiger partial charge >= 0.3 is 5.04 Å². The monoisotopic (exact) mass is 252 g/mol. The number of hydrogen-bond donors (Lipinski definition) is 2. The van der Waals surface area contributed by atoms with Gasteiger partial charge in [0.2, 0.25) is 0 Å². The maximum Gasteiger partial charge on any atom is 0.402 e. The molecule has 0 spiro atoms. The molecule has 2 unspecified atom stereocenters. The Balaban J connectivity index is 3.15. The second kappa shape index (κ2) is 5.09. The van der Waals surface area contributed by atoms with Crippen LogP contribution in [0.15, 0.2) is 0 Å². The van der Waals surface area contributed by atoms with Gasteiger partial charge in [0.15, 0.2) is 15.8 Å². The minimum Gasteiger partial charge on any atom is -0.360 e. The molecule has 8 heteroatoms. The average molecular weight is 252 g/mol. The van der Waals surface area contributed by atoms with Gasteiger partial charge in [0, 0.05) is 0 Å². The smallest absolute Gasteiger partial charge is 0.360 e. The summed E-state index contributed by atoms with van der Waals surface area (Å²) in [5.74, 6) is 0. The predicted molar refractivity (Wildman–Crippen MR) is 56.0 cm³/mol. The largest absolute Gasteiger partial charge is 0.402 e. The normalized spacial score (nSPS) is 23.9. The summed E-state index contributed by atoms with van der Waals surface area (Å²) in [4.78, 5) is 2.72. The van der Waals surface area contributed by atoms with Crippen LogP contribution in [-0.2, 0) is 22.2 Å². The zero-order valence-electron chi connectivity index (χ0n) is 7.96. The Morgan fingerprint density at radius 1 is 1.20 bits per heavy atom. The van der Waals surface area contributed by atoms with E-state index in [1.165, 1.54) is 0 Å². The molecular weight excluding hydrogens is 240 g/mol. The van der Waals surface area contributed by atoms with Crippen LogP contribution in [0.3, 0.4) is 0 Å². The molecular formula is C7H12N2O4S2. The molecule has 0 radical (unpaired) electrons. The van der Waals surface area contributed by atoms with E-state index < -0.39 is 32.0 Å². The van der Waals surface area contributed by atoms with Crippen molar-refractivity contribution < 1.29 is 22.3 Å². The van der Waals surface area contributed by atoms with Crippen LogP contribution >= 0.6 is 0 Å². The summed E-state index contributed by atoms with van der Waals surface area (Å²) in [6.45, 7) is 0. The fourth-order valence-electron chi connectivity index (χ4n) is 1.87. The topological polar surface area (TPSA) is 111 Å². The van der Waals surface area contributed by atoms with E-state index in [1.807, 2.05) is 0 Å². The average Bonchev–Trinajstić information content (AvgIpc) is 2.19. The Morgan fingerprint density at radius 2 is 1.73 bits per heavy atom. The van der Waals surface area contributed by atoms with Crippen LogP contribution in [0.2, 0.25) is 0 Å². The van der Waals surface area contributed by atoms with E-state index in [0.717, 1.165) is 6.42 Å². The molecule has 1 rings (SSSR count). The van der Waals surface area contributed by atoms with Crippen LogP contribution in [-0.4, -0.2) is 32.1 Å². The van der Waals surface area contributed by atoms with Crippen molar-refractivity contribution in [3.63, 3.8) is 0 Å². The molecule has 86 valence electrons. The summed E-state index contributed by atoms with van der Waals surface area (Å²) in [7, 11) is 0. The van der Waals surface area contributed by atoms with Gasteiger partial charge in [0.05, 0.1) is 0 Å². The Kier molecular flexibility index (Phi) is 4.30. The lowest BCUT2D eigenvalue weighted by Crippen LogP contribution is -2.47. The van der Waals surface area contributed by atoms with Crippen LogP contribution in [0.25, 0.3) is 5.53 Å². The molecule has 0 bridgehead atoms. The molecule has 2 atom stereocenters. The molecule has 1 saturated carbocycles. The van der Waals surface area contributed by atoms with Crippen molar-refractivity contribution in [3.8, 4) is 0 Å². The van der Waals surface area contributed by atoms with E-state index in [2.05, 4.69) is 4.79 Å². The van der Waals surface area contributed by atoms with Crippen molar-refractivity contribution in [3.05, 3.63) is 5.53 Å². The van der Waals surface area contributed by atoms with Crippen molar-refractivity contribution in [1.82, 2.24) is 0 Å². The van der Waals surface area contributed by atoms with E-state index in [4.69, 9.17) is 10.1 Å². The Morgan fingerprint density at radius 3 is 2.07 bits per heavy atom. The van der Waals surface area contributed by atoms with Crippen LogP contribution in [0.4, 0.5) is 0 Å². The first-order valence-electron chi connectivity index (χ1n) is 4.49. The third kappa shape index (κ3) is 2.40. The van der Waals surface area contributed by atoms with Crippen LogP contribution in [0, 0.1) is 0 Å². The van der Waals surface area contributed by atoms with Gasteiger partial charge in [-0.3, -0.25) is 4.55 Å². The Labute approximate surface area is 92.3 Å². The number of nitrogens with zero attached hydrogens (tertiary/aromatic N) is 2. The standard InChI is InChI=1S/C7H12N2O4S2/c8-9-6(14(10)11)7(15(12)13)4-2-1-3-5-7/h1-5H2,(H,10,11)(H,12,13). The van der Waals surface area contributed by atoms with E-state index in [0.29, 0.717) is 25.7 Å². The SMILES string of the molecule is [N-]=[N+]=C(S(=O)O)C1(S(=O)O)CCCCC1. The predicted octanol–water partition coefficient (Wildman–Crippen LogP) is 0.761. The second-order valence-corrected chi connectivity index (χ2v) is 5.62. The molecule has 1 aliphatic carbocycles. The van der Waals surface area contributed by atoms with Gasteiger partial charge < -0.3 is 10.1 Å². The summed E-state index contributed by atoms with van der Waals surface area (Å²) in [6.07, 6.45) is 2.87. The van der Waals surface area contributed by atoms with Crippen LogP contribution in [0.1, 0.15) is 32.1 Å². The van der Waals surface area contributed by atoms with Gasteiger partial charge in [-0.15, -0.1) is 0 Å². The molecule has 1 fully saturated rings. The van der Waals surface area contributed by atoms with Crippen molar-refractivity contribution in [1.29, 1.82) is 0 Å². The maximum atomic E-state index is 11.3. The van der Waals surface area contributed by atoms with Gasteiger partial charge in [-0.1, -0.05) is 19.3 Å². The summed E-state index contributed by atoms with van der Waals surface area (Å²) in [5, 5.41) is -0.497. The second-order valence-electron chi connectivity index (χ2n) is 3.46. The summed E-state index contributed by atoms with van der Waals surface area (Å²) in [5.41, 5.74) is 8.65. The van der Waals surface area contributed by atoms with Crippen LogP contribution < -0.4 is 0 Å². The van der Waals surface area contributed by atoms with Crippen molar-refractivity contribution >= 4 is 27.2 Å². The molecule has 15 heavy (non-hydrogen) atoms. The molecule has 1 aliphatic rings. The molecule has 0 aromatic rings. The molecule has 2 N–H and O–H groups in total. The van der Waals surface area contributed by atoms with Crippen molar-refractivity contribution in [2.24, 2.45) is 0 Å². The molecule has 0 aromatic heterocycles. The highest BCUT2D eigenvalue weighted by atomic mass is 32.2. The molecule has 0 aliphatic heterocycles. The first kappa shape index (κ1) is 12.7. The summed E-state index contributed by atoms with van der Waals surface area (Å²) < 4.78 is 38.9. The maximum absolute atomic E-state index is 11.3. The first-order chi connectivity index (χ1) is 7.04. The number of rotatable bonds is 2. The first-order valence-corrected chi connectivity index (χ1v) is 6.70. The van der Waals surface area contributed by atoms with Gasteiger partial charge in [-0.25, -0.2) is 8.42 Å². The quantitative estimate of drug-likeness (QED) is 0.248. The van der Waals surface area contributed by atoms with Crippen LogP contribution in [0.5, 0.6) is 0 Å². The highest BCUT2D eigenvalue weighted by Crippen LogP contribution is 2.34.